The summed E-state index contributed by atoms with van der Waals surface area (Å²) in [7, 11) is 0. The summed E-state index contributed by atoms with van der Waals surface area (Å²) >= 11 is 0. The third-order valence-electron chi connectivity index (χ3n) is 3.38. The SMILES string of the molecule is CC(C)C1(C)CCCC(O)C1. The van der Waals surface area contributed by atoms with E-state index in [2.05, 4.69) is 20.8 Å². The van der Waals surface area contributed by atoms with Crippen molar-refractivity contribution in [2.75, 3.05) is 0 Å². The Morgan fingerprint density at radius 2 is 2.09 bits per heavy atom. The van der Waals surface area contributed by atoms with E-state index in [1.807, 2.05) is 0 Å². The van der Waals surface area contributed by atoms with Crippen LogP contribution in [0.1, 0.15) is 46.5 Å². The Balaban J connectivity index is 2.55. The van der Waals surface area contributed by atoms with E-state index in [4.69, 9.17) is 0 Å². The highest BCUT2D eigenvalue weighted by atomic mass is 16.3. The van der Waals surface area contributed by atoms with Gasteiger partial charge in [-0.2, -0.15) is 0 Å². The molecule has 0 spiro atoms. The van der Waals surface area contributed by atoms with E-state index in [0.717, 1.165) is 12.8 Å². The van der Waals surface area contributed by atoms with Crippen molar-refractivity contribution in [1.29, 1.82) is 0 Å². The van der Waals surface area contributed by atoms with Gasteiger partial charge < -0.3 is 5.11 Å². The van der Waals surface area contributed by atoms with Gasteiger partial charge in [-0.3, -0.25) is 0 Å². The first-order valence-electron chi connectivity index (χ1n) is 4.73. The predicted molar refractivity (Wildman–Crippen MR) is 47.4 cm³/mol. The van der Waals surface area contributed by atoms with E-state index < -0.39 is 0 Å². The molecular weight excluding hydrogens is 136 g/mol. The molecule has 11 heavy (non-hydrogen) atoms. The van der Waals surface area contributed by atoms with Crippen LogP contribution in [0.4, 0.5) is 0 Å². The zero-order valence-electron chi connectivity index (χ0n) is 7.93. The lowest BCUT2D eigenvalue weighted by Gasteiger charge is -2.39. The molecule has 0 saturated heterocycles. The van der Waals surface area contributed by atoms with Crippen LogP contribution >= 0.6 is 0 Å². The zero-order valence-corrected chi connectivity index (χ0v) is 7.93. The second kappa shape index (κ2) is 3.14. The lowest BCUT2D eigenvalue weighted by molar-refractivity contribution is 0.0298. The van der Waals surface area contributed by atoms with Crippen LogP contribution in [-0.4, -0.2) is 11.2 Å². The molecule has 2 atom stereocenters. The number of aliphatic hydroxyl groups is 1. The minimum absolute atomic E-state index is 0.0313. The number of hydrogen-bond acceptors (Lipinski definition) is 1. The highest BCUT2D eigenvalue weighted by Crippen LogP contribution is 2.41. The molecule has 1 rings (SSSR count). The standard InChI is InChI=1S/C10H20O/c1-8(2)10(3)6-4-5-9(11)7-10/h8-9,11H,4-7H2,1-3H3. The Hall–Kier alpha value is -0.0400. The van der Waals surface area contributed by atoms with Crippen molar-refractivity contribution >= 4 is 0 Å². The lowest BCUT2D eigenvalue weighted by Crippen LogP contribution is -2.32. The Kier molecular flexibility index (Phi) is 2.58. The fourth-order valence-electron chi connectivity index (χ4n) is 2.01. The largest absolute Gasteiger partial charge is 0.393 e. The van der Waals surface area contributed by atoms with Crippen LogP contribution in [0.3, 0.4) is 0 Å². The first kappa shape index (κ1) is 9.05. The summed E-state index contributed by atoms with van der Waals surface area (Å²) in [5, 5.41) is 9.49. The van der Waals surface area contributed by atoms with Gasteiger partial charge in [0.15, 0.2) is 0 Å². The van der Waals surface area contributed by atoms with E-state index in [1.165, 1.54) is 12.8 Å². The summed E-state index contributed by atoms with van der Waals surface area (Å²) < 4.78 is 0. The summed E-state index contributed by atoms with van der Waals surface area (Å²) in [4.78, 5) is 0. The maximum Gasteiger partial charge on any atom is 0.0545 e. The van der Waals surface area contributed by atoms with Crippen LogP contribution in [0.5, 0.6) is 0 Å². The molecule has 0 aliphatic heterocycles. The van der Waals surface area contributed by atoms with Crippen LogP contribution in [0.25, 0.3) is 0 Å². The van der Waals surface area contributed by atoms with Crippen LogP contribution in [-0.2, 0) is 0 Å². The van der Waals surface area contributed by atoms with Gasteiger partial charge >= 0.3 is 0 Å². The third-order valence-corrected chi connectivity index (χ3v) is 3.38. The van der Waals surface area contributed by atoms with E-state index in [9.17, 15) is 5.11 Å². The smallest absolute Gasteiger partial charge is 0.0545 e. The molecule has 0 aromatic carbocycles. The van der Waals surface area contributed by atoms with Crippen molar-refractivity contribution in [3.8, 4) is 0 Å². The van der Waals surface area contributed by atoms with E-state index in [-0.39, 0.29) is 6.10 Å². The minimum Gasteiger partial charge on any atom is -0.393 e. The average Bonchev–Trinajstić information content (AvgIpc) is 1.86. The average molecular weight is 156 g/mol. The fraction of sp³-hybridized carbons (Fsp3) is 1.00. The predicted octanol–water partition coefficient (Wildman–Crippen LogP) is 2.58. The summed E-state index contributed by atoms with van der Waals surface area (Å²) in [5.41, 5.74) is 0.400. The van der Waals surface area contributed by atoms with Gasteiger partial charge in [0.1, 0.15) is 0 Å². The maximum absolute atomic E-state index is 9.49. The highest BCUT2D eigenvalue weighted by molar-refractivity contribution is 4.84. The van der Waals surface area contributed by atoms with Crippen molar-refractivity contribution in [2.24, 2.45) is 11.3 Å². The molecule has 2 unspecified atom stereocenters. The molecule has 1 fully saturated rings. The molecule has 0 amide bonds. The number of hydrogen-bond donors (Lipinski definition) is 1. The minimum atomic E-state index is -0.0313. The van der Waals surface area contributed by atoms with Crippen LogP contribution in [0.15, 0.2) is 0 Å². The van der Waals surface area contributed by atoms with Gasteiger partial charge in [-0.15, -0.1) is 0 Å². The molecule has 1 nitrogen and oxygen atoms in total. The molecule has 0 radical (unpaired) electrons. The second-order valence-electron chi connectivity index (χ2n) is 4.56. The maximum atomic E-state index is 9.49. The van der Waals surface area contributed by atoms with E-state index in [1.54, 1.807) is 0 Å². The zero-order chi connectivity index (χ0) is 8.48. The van der Waals surface area contributed by atoms with Crippen LogP contribution < -0.4 is 0 Å². The monoisotopic (exact) mass is 156 g/mol. The van der Waals surface area contributed by atoms with Gasteiger partial charge in [0.25, 0.3) is 0 Å². The summed E-state index contributed by atoms with van der Waals surface area (Å²) in [6.07, 6.45) is 4.49. The van der Waals surface area contributed by atoms with Crippen molar-refractivity contribution in [3.63, 3.8) is 0 Å². The molecule has 1 N–H and O–H groups in total. The summed E-state index contributed by atoms with van der Waals surface area (Å²) in [5.74, 6) is 0.706. The lowest BCUT2D eigenvalue weighted by atomic mass is 9.68. The molecule has 0 aromatic heterocycles. The first-order chi connectivity index (χ1) is 5.04. The third kappa shape index (κ3) is 1.96. The molecule has 1 heteroatoms. The topological polar surface area (TPSA) is 20.2 Å². The first-order valence-corrected chi connectivity index (χ1v) is 4.73. The molecule has 66 valence electrons. The second-order valence-corrected chi connectivity index (χ2v) is 4.56. The van der Waals surface area contributed by atoms with E-state index >= 15 is 0 Å². The Bertz CT molecular complexity index is 131. The Morgan fingerprint density at radius 1 is 1.45 bits per heavy atom. The summed E-state index contributed by atoms with van der Waals surface area (Å²) in [6, 6.07) is 0. The molecular formula is C10H20O. The molecule has 0 aromatic rings. The van der Waals surface area contributed by atoms with Crippen LogP contribution in [0.2, 0.25) is 0 Å². The van der Waals surface area contributed by atoms with Crippen molar-refractivity contribution in [2.45, 2.75) is 52.6 Å². The van der Waals surface area contributed by atoms with Crippen LogP contribution in [0, 0.1) is 11.3 Å². The van der Waals surface area contributed by atoms with Gasteiger partial charge in [0, 0.05) is 0 Å². The van der Waals surface area contributed by atoms with Gasteiger partial charge in [-0.1, -0.05) is 27.2 Å². The van der Waals surface area contributed by atoms with E-state index in [0.29, 0.717) is 11.3 Å². The fourth-order valence-corrected chi connectivity index (χ4v) is 2.01. The highest BCUT2D eigenvalue weighted by Gasteiger charge is 2.33. The summed E-state index contributed by atoms with van der Waals surface area (Å²) in [6.45, 7) is 6.83. The Labute approximate surface area is 69.8 Å². The normalized spacial score (nSPS) is 39.5. The van der Waals surface area contributed by atoms with Gasteiger partial charge in [-0.25, -0.2) is 0 Å². The molecule has 0 heterocycles. The molecule has 1 aliphatic rings. The van der Waals surface area contributed by atoms with Crippen molar-refractivity contribution in [1.82, 2.24) is 0 Å². The van der Waals surface area contributed by atoms with Crippen molar-refractivity contribution < 1.29 is 5.11 Å². The molecule has 1 saturated carbocycles. The van der Waals surface area contributed by atoms with Gasteiger partial charge in [0.05, 0.1) is 6.10 Å². The quantitative estimate of drug-likeness (QED) is 0.618. The number of aliphatic hydroxyl groups excluding tert-OH is 1. The van der Waals surface area contributed by atoms with Gasteiger partial charge in [0.2, 0.25) is 0 Å². The number of rotatable bonds is 1. The Morgan fingerprint density at radius 3 is 2.45 bits per heavy atom. The molecule has 1 aliphatic carbocycles. The molecule has 0 bridgehead atoms. The van der Waals surface area contributed by atoms with Gasteiger partial charge in [-0.05, 0) is 30.6 Å². The van der Waals surface area contributed by atoms with Crippen molar-refractivity contribution in [3.05, 3.63) is 0 Å².